The molecule has 2 heterocycles. The van der Waals surface area contributed by atoms with Crippen molar-refractivity contribution in [1.82, 2.24) is 30.4 Å². The Hall–Kier alpha value is -2.97. The van der Waals surface area contributed by atoms with E-state index in [4.69, 9.17) is 0 Å². The highest BCUT2D eigenvalue weighted by atomic mass is 16.1. The molecule has 2 aromatic heterocycles. The maximum atomic E-state index is 11.9. The van der Waals surface area contributed by atoms with Crippen molar-refractivity contribution in [2.45, 2.75) is 19.9 Å². The molecule has 0 aliphatic carbocycles. The van der Waals surface area contributed by atoms with Gasteiger partial charge in [-0.3, -0.25) is 14.5 Å². The minimum atomic E-state index is -0.107. The summed E-state index contributed by atoms with van der Waals surface area (Å²) in [5.74, 6) is 1.84. The normalized spacial score (nSPS) is 11.2. The third-order valence-corrected chi connectivity index (χ3v) is 3.24. The molecule has 3 N–H and O–H groups in total. The zero-order chi connectivity index (χ0) is 17.4. The van der Waals surface area contributed by atoms with Crippen molar-refractivity contribution in [1.29, 1.82) is 0 Å². The molecule has 0 aliphatic rings. The fourth-order valence-electron chi connectivity index (χ4n) is 1.98. The van der Waals surface area contributed by atoms with Crippen molar-refractivity contribution >= 4 is 17.7 Å². The van der Waals surface area contributed by atoms with Gasteiger partial charge < -0.3 is 16.0 Å². The van der Waals surface area contributed by atoms with E-state index in [9.17, 15) is 4.79 Å². The van der Waals surface area contributed by atoms with Crippen LogP contribution < -0.4 is 16.0 Å². The van der Waals surface area contributed by atoms with Gasteiger partial charge in [-0.1, -0.05) is 6.07 Å². The number of amides is 1. The first-order chi connectivity index (χ1) is 11.6. The number of carbonyl (C=O) groups excluding carboxylic acids is 1. The Bertz CT molecular complexity index is 709. The molecule has 0 saturated carbocycles. The zero-order valence-corrected chi connectivity index (χ0v) is 14.1. The van der Waals surface area contributed by atoms with Crippen LogP contribution in [0.25, 0.3) is 0 Å². The molecule has 0 saturated heterocycles. The van der Waals surface area contributed by atoms with Crippen LogP contribution in [0, 0.1) is 6.92 Å². The predicted molar refractivity (Wildman–Crippen MR) is 91.4 cm³/mol. The van der Waals surface area contributed by atoms with Crippen LogP contribution in [0.15, 0.2) is 29.5 Å². The molecule has 128 valence electrons. The third kappa shape index (κ3) is 5.34. The molecule has 9 heteroatoms. The molecule has 9 nitrogen and oxygen atoms in total. The number of pyridine rings is 1. The summed E-state index contributed by atoms with van der Waals surface area (Å²) in [5, 5.41) is 13.0. The van der Waals surface area contributed by atoms with Gasteiger partial charge in [0.15, 0.2) is 5.96 Å². The first-order valence-electron chi connectivity index (χ1n) is 7.59. The minimum absolute atomic E-state index is 0.107. The molecule has 0 spiro atoms. The number of aliphatic imine (C=N–C) groups is 1. The van der Waals surface area contributed by atoms with Crippen LogP contribution in [0.1, 0.15) is 17.9 Å². The van der Waals surface area contributed by atoms with Gasteiger partial charge in [-0.15, -0.1) is 0 Å². The second-order valence-corrected chi connectivity index (χ2v) is 5.11. The molecule has 0 atom stereocenters. The molecule has 24 heavy (non-hydrogen) atoms. The van der Waals surface area contributed by atoms with Gasteiger partial charge in [0.25, 0.3) is 0 Å². The van der Waals surface area contributed by atoms with E-state index in [1.54, 1.807) is 17.8 Å². The van der Waals surface area contributed by atoms with Crippen LogP contribution in [-0.4, -0.2) is 45.2 Å². The van der Waals surface area contributed by atoms with E-state index in [0.29, 0.717) is 31.3 Å². The average molecular weight is 330 g/mol. The SMILES string of the molecule is CN=C(NCCC(=O)Nc1cccc(C)n1)NCc1ncnn1C. The quantitative estimate of drug-likeness (QED) is 0.516. The van der Waals surface area contributed by atoms with E-state index < -0.39 is 0 Å². The van der Waals surface area contributed by atoms with Crippen LogP contribution in [0.4, 0.5) is 5.82 Å². The molecule has 2 rings (SSSR count). The van der Waals surface area contributed by atoms with Crippen molar-refractivity contribution in [3.05, 3.63) is 36.0 Å². The second-order valence-electron chi connectivity index (χ2n) is 5.11. The van der Waals surface area contributed by atoms with E-state index in [-0.39, 0.29) is 5.91 Å². The lowest BCUT2D eigenvalue weighted by Crippen LogP contribution is -2.38. The lowest BCUT2D eigenvalue weighted by Gasteiger charge is -2.11. The monoisotopic (exact) mass is 330 g/mol. The number of hydrogen-bond donors (Lipinski definition) is 3. The molecule has 1 amide bonds. The van der Waals surface area contributed by atoms with Gasteiger partial charge in [-0.2, -0.15) is 5.10 Å². The molecule has 0 radical (unpaired) electrons. The molecule has 0 unspecified atom stereocenters. The first kappa shape index (κ1) is 17.4. The Morgan fingerprint density at radius 1 is 1.33 bits per heavy atom. The first-order valence-corrected chi connectivity index (χ1v) is 7.59. The van der Waals surface area contributed by atoms with E-state index in [0.717, 1.165) is 11.5 Å². The summed E-state index contributed by atoms with van der Waals surface area (Å²) in [7, 11) is 3.49. The van der Waals surface area contributed by atoms with Gasteiger partial charge in [-0.05, 0) is 19.1 Å². The van der Waals surface area contributed by atoms with Gasteiger partial charge in [-0.25, -0.2) is 9.97 Å². The lowest BCUT2D eigenvalue weighted by molar-refractivity contribution is -0.116. The van der Waals surface area contributed by atoms with Gasteiger partial charge in [0.2, 0.25) is 5.91 Å². The van der Waals surface area contributed by atoms with Crippen LogP contribution in [0.3, 0.4) is 0 Å². The summed E-state index contributed by atoms with van der Waals surface area (Å²) in [4.78, 5) is 24.4. The number of nitrogens with one attached hydrogen (secondary N) is 3. The highest BCUT2D eigenvalue weighted by molar-refractivity contribution is 5.90. The Morgan fingerprint density at radius 2 is 2.17 bits per heavy atom. The molecule has 0 fully saturated rings. The largest absolute Gasteiger partial charge is 0.356 e. The fourth-order valence-corrected chi connectivity index (χ4v) is 1.98. The summed E-state index contributed by atoms with van der Waals surface area (Å²) >= 11 is 0. The second kappa shape index (κ2) is 8.61. The van der Waals surface area contributed by atoms with Crippen molar-refractivity contribution in [3.63, 3.8) is 0 Å². The van der Waals surface area contributed by atoms with E-state index in [1.165, 1.54) is 6.33 Å². The molecule has 0 aromatic carbocycles. The third-order valence-electron chi connectivity index (χ3n) is 3.24. The highest BCUT2D eigenvalue weighted by Crippen LogP contribution is 2.03. The molecular weight excluding hydrogens is 308 g/mol. The van der Waals surface area contributed by atoms with Gasteiger partial charge in [0.05, 0.1) is 6.54 Å². The number of guanidine groups is 1. The van der Waals surface area contributed by atoms with Crippen LogP contribution in [0.2, 0.25) is 0 Å². The van der Waals surface area contributed by atoms with Crippen molar-refractivity contribution < 1.29 is 4.79 Å². The average Bonchev–Trinajstić information content (AvgIpc) is 2.96. The summed E-state index contributed by atoms with van der Waals surface area (Å²) in [5.41, 5.74) is 0.860. The predicted octanol–water partition coefficient (Wildman–Crippen LogP) is 0.212. The molecular formula is C15H22N8O. The number of anilines is 1. The van der Waals surface area contributed by atoms with Gasteiger partial charge in [0.1, 0.15) is 18.0 Å². The number of nitrogens with zero attached hydrogens (tertiary/aromatic N) is 5. The number of aryl methyl sites for hydroxylation is 2. The van der Waals surface area contributed by atoms with Crippen LogP contribution in [-0.2, 0) is 18.4 Å². The maximum Gasteiger partial charge on any atom is 0.227 e. The van der Waals surface area contributed by atoms with Crippen molar-refractivity contribution in [2.24, 2.45) is 12.0 Å². The Kier molecular flexibility index (Phi) is 6.23. The summed E-state index contributed by atoms with van der Waals surface area (Å²) in [6.45, 7) is 2.83. The Balaban J connectivity index is 1.71. The molecule has 2 aromatic rings. The summed E-state index contributed by atoms with van der Waals surface area (Å²) in [6, 6.07) is 5.50. The number of carbonyl (C=O) groups is 1. The Morgan fingerprint density at radius 3 is 2.83 bits per heavy atom. The maximum absolute atomic E-state index is 11.9. The standard InChI is InChI=1S/C15H22N8O/c1-11-5-4-6-12(21-11)22-14(24)7-8-17-15(16-2)18-9-13-19-10-20-23(13)3/h4-6,10H,7-9H2,1-3H3,(H2,16,17,18)(H,21,22,24). The van der Waals surface area contributed by atoms with Crippen LogP contribution in [0.5, 0.6) is 0 Å². The Labute approximate surface area is 140 Å². The lowest BCUT2D eigenvalue weighted by atomic mass is 10.3. The fraction of sp³-hybridized carbons (Fsp3) is 0.400. The highest BCUT2D eigenvalue weighted by Gasteiger charge is 2.05. The molecule has 0 bridgehead atoms. The summed E-state index contributed by atoms with van der Waals surface area (Å²) in [6.07, 6.45) is 1.80. The van der Waals surface area contributed by atoms with Crippen LogP contribution >= 0.6 is 0 Å². The number of hydrogen-bond acceptors (Lipinski definition) is 5. The van der Waals surface area contributed by atoms with E-state index in [2.05, 4.69) is 36.0 Å². The number of rotatable bonds is 6. The topological polar surface area (TPSA) is 109 Å². The summed E-state index contributed by atoms with van der Waals surface area (Å²) < 4.78 is 1.68. The minimum Gasteiger partial charge on any atom is -0.356 e. The molecule has 0 aliphatic heterocycles. The van der Waals surface area contributed by atoms with Gasteiger partial charge >= 0.3 is 0 Å². The zero-order valence-electron chi connectivity index (χ0n) is 14.1. The number of aromatic nitrogens is 4. The smallest absolute Gasteiger partial charge is 0.227 e. The van der Waals surface area contributed by atoms with E-state index >= 15 is 0 Å². The van der Waals surface area contributed by atoms with Gasteiger partial charge in [0, 0.05) is 32.8 Å². The van der Waals surface area contributed by atoms with E-state index in [1.807, 2.05) is 26.1 Å². The van der Waals surface area contributed by atoms with Crippen molar-refractivity contribution in [2.75, 3.05) is 18.9 Å². The van der Waals surface area contributed by atoms with Crippen molar-refractivity contribution in [3.8, 4) is 0 Å².